The molecule has 2 aromatic carbocycles. The molecule has 2 amide bonds. The minimum absolute atomic E-state index is 0.0676. The Balaban J connectivity index is 1.58. The SMILES string of the molecule is CC(C)OCC(O)CN1CCCc2cc(/N=N/c3c(C#N)cc4c(c3Br)C(=O)N(C)C4=O)ccc21. The number of ether oxygens (including phenoxy) is 1. The molecule has 1 atom stereocenters. The van der Waals surface area contributed by atoms with Gasteiger partial charge in [0, 0.05) is 25.8 Å². The number of aliphatic hydroxyl groups is 1. The minimum atomic E-state index is -0.585. The van der Waals surface area contributed by atoms with E-state index in [2.05, 4.69) is 31.1 Å². The smallest absolute Gasteiger partial charge is 0.262 e. The number of carbonyl (C=O) groups is 2. The van der Waals surface area contributed by atoms with E-state index in [1.54, 1.807) is 0 Å². The van der Waals surface area contributed by atoms with Gasteiger partial charge < -0.3 is 14.7 Å². The first-order chi connectivity index (χ1) is 16.7. The lowest BCUT2D eigenvalue weighted by molar-refractivity contribution is 0.00880. The summed E-state index contributed by atoms with van der Waals surface area (Å²) in [6.07, 6.45) is 1.31. The molecule has 2 aliphatic heterocycles. The average molecular weight is 540 g/mol. The van der Waals surface area contributed by atoms with Gasteiger partial charge in [-0.3, -0.25) is 14.5 Å². The number of aliphatic hydroxyl groups excluding tert-OH is 1. The maximum Gasteiger partial charge on any atom is 0.262 e. The number of fused-ring (bicyclic) bond motifs is 2. The van der Waals surface area contributed by atoms with E-state index in [-0.39, 0.29) is 39.6 Å². The number of aryl methyl sites for hydroxylation is 1. The average Bonchev–Trinajstić information content (AvgIpc) is 3.05. The molecule has 2 aliphatic rings. The van der Waals surface area contributed by atoms with E-state index >= 15 is 0 Å². The second kappa shape index (κ2) is 10.2. The zero-order valence-electron chi connectivity index (χ0n) is 19.8. The van der Waals surface area contributed by atoms with Crippen LogP contribution in [0.4, 0.5) is 17.1 Å². The lowest BCUT2D eigenvalue weighted by Gasteiger charge is -2.33. The van der Waals surface area contributed by atoms with Crippen molar-refractivity contribution in [1.29, 1.82) is 5.26 Å². The van der Waals surface area contributed by atoms with Gasteiger partial charge in [-0.05, 0) is 72.4 Å². The van der Waals surface area contributed by atoms with Gasteiger partial charge in [0.25, 0.3) is 11.8 Å². The van der Waals surface area contributed by atoms with Crippen LogP contribution in [0, 0.1) is 11.3 Å². The molecule has 2 heterocycles. The molecule has 0 saturated heterocycles. The van der Waals surface area contributed by atoms with E-state index < -0.39 is 17.9 Å². The Bertz CT molecular complexity index is 1250. The summed E-state index contributed by atoms with van der Waals surface area (Å²) in [4.78, 5) is 28.0. The number of hydrogen-bond acceptors (Lipinski definition) is 8. The summed E-state index contributed by atoms with van der Waals surface area (Å²) >= 11 is 3.36. The molecule has 0 fully saturated rings. The summed E-state index contributed by atoms with van der Waals surface area (Å²) in [5.74, 6) is -0.904. The molecule has 0 aromatic heterocycles. The Morgan fingerprint density at radius 1 is 1.23 bits per heavy atom. The summed E-state index contributed by atoms with van der Waals surface area (Å²) in [6.45, 7) is 5.50. The standard InChI is InChI=1S/C25H26BrN5O4/c1-14(2)35-13-18(32)12-31-8-4-5-15-9-17(6-7-20(15)31)28-29-23-16(11-27)10-19-21(22(23)26)25(34)30(3)24(19)33/h6-7,9-10,14,18,32H,4-5,8,12-13H2,1-3H3/b29-28+. The van der Waals surface area contributed by atoms with Gasteiger partial charge >= 0.3 is 0 Å². The van der Waals surface area contributed by atoms with Crippen molar-refractivity contribution in [2.45, 2.75) is 38.9 Å². The molecular weight excluding hydrogens is 514 g/mol. The van der Waals surface area contributed by atoms with E-state index in [0.29, 0.717) is 12.2 Å². The van der Waals surface area contributed by atoms with Gasteiger partial charge in [0.15, 0.2) is 0 Å². The van der Waals surface area contributed by atoms with Gasteiger partial charge in [-0.2, -0.15) is 10.4 Å². The van der Waals surface area contributed by atoms with Crippen molar-refractivity contribution in [2.24, 2.45) is 10.2 Å². The molecule has 35 heavy (non-hydrogen) atoms. The summed E-state index contributed by atoms with van der Waals surface area (Å²) in [6, 6.07) is 9.15. The molecule has 0 aliphatic carbocycles. The molecule has 10 heteroatoms. The van der Waals surface area contributed by atoms with Crippen molar-refractivity contribution >= 4 is 44.8 Å². The van der Waals surface area contributed by atoms with Gasteiger partial charge in [0.1, 0.15) is 11.8 Å². The fraction of sp³-hybridized carbons (Fsp3) is 0.400. The predicted octanol–water partition coefficient (Wildman–Crippen LogP) is 4.50. The van der Waals surface area contributed by atoms with Gasteiger partial charge in [0.2, 0.25) is 0 Å². The van der Waals surface area contributed by atoms with Crippen molar-refractivity contribution in [3.05, 3.63) is 51.0 Å². The van der Waals surface area contributed by atoms with Crippen LogP contribution in [0.2, 0.25) is 0 Å². The second-order valence-corrected chi connectivity index (χ2v) is 9.68. The molecule has 1 N–H and O–H groups in total. The van der Waals surface area contributed by atoms with Crippen LogP contribution in [-0.2, 0) is 11.2 Å². The number of rotatable bonds is 7. The Morgan fingerprint density at radius 2 is 2.00 bits per heavy atom. The van der Waals surface area contributed by atoms with E-state index in [4.69, 9.17) is 4.74 Å². The largest absolute Gasteiger partial charge is 0.389 e. The molecule has 2 aromatic rings. The van der Waals surface area contributed by atoms with Gasteiger partial charge in [-0.15, -0.1) is 5.11 Å². The van der Waals surface area contributed by atoms with Gasteiger partial charge in [-0.25, -0.2) is 0 Å². The summed E-state index contributed by atoms with van der Waals surface area (Å²) < 4.78 is 5.81. The number of anilines is 1. The molecule has 9 nitrogen and oxygen atoms in total. The first kappa shape index (κ1) is 25.0. The minimum Gasteiger partial charge on any atom is -0.389 e. The third-order valence-electron chi connectivity index (χ3n) is 6.01. The number of hydrogen-bond donors (Lipinski definition) is 1. The number of imide groups is 1. The van der Waals surface area contributed by atoms with Crippen molar-refractivity contribution in [2.75, 3.05) is 31.6 Å². The van der Waals surface area contributed by atoms with Crippen molar-refractivity contribution in [1.82, 2.24) is 4.90 Å². The number of nitrogens with zero attached hydrogens (tertiary/aromatic N) is 5. The molecule has 0 radical (unpaired) electrons. The molecule has 4 rings (SSSR count). The zero-order chi connectivity index (χ0) is 25.3. The van der Waals surface area contributed by atoms with Gasteiger partial charge in [-0.1, -0.05) is 0 Å². The Hall–Kier alpha value is -3.13. The molecule has 0 bridgehead atoms. The van der Waals surface area contributed by atoms with Crippen LogP contribution in [0.1, 0.15) is 52.1 Å². The summed E-state index contributed by atoms with van der Waals surface area (Å²) in [5, 5.41) is 28.5. The third kappa shape index (κ3) is 4.98. The van der Waals surface area contributed by atoms with Crippen LogP contribution in [0.15, 0.2) is 39.0 Å². The number of azo groups is 1. The van der Waals surface area contributed by atoms with Crippen LogP contribution < -0.4 is 4.90 Å². The molecule has 0 spiro atoms. The Labute approximate surface area is 212 Å². The number of amides is 2. The van der Waals surface area contributed by atoms with Crippen molar-refractivity contribution < 1.29 is 19.4 Å². The lowest BCUT2D eigenvalue weighted by Crippen LogP contribution is -2.38. The molecule has 0 saturated carbocycles. The highest BCUT2D eigenvalue weighted by Crippen LogP contribution is 2.40. The molecule has 182 valence electrons. The number of β-amino-alcohol motifs (C(OH)–C–C–N with tert-alkyl or cyclic N) is 1. The quantitative estimate of drug-likeness (QED) is 0.408. The lowest BCUT2D eigenvalue weighted by atomic mass is 10.0. The van der Waals surface area contributed by atoms with Crippen LogP contribution in [-0.4, -0.2) is 60.8 Å². The van der Waals surface area contributed by atoms with Crippen LogP contribution in [0.3, 0.4) is 0 Å². The van der Waals surface area contributed by atoms with E-state index in [0.717, 1.165) is 35.5 Å². The highest BCUT2D eigenvalue weighted by molar-refractivity contribution is 9.10. The maximum atomic E-state index is 12.5. The fourth-order valence-corrected chi connectivity index (χ4v) is 4.95. The molecular formula is C25H26BrN5O4. The Kier molecular flexibility index (Phi) is 7.31. The first-order valence-electron chi connectivity index (χ1n) is 11.4. The van der Waals surface area contributed by atoms with Crippen molar-refractivity contribution in [3.63, 3.8) is 0 Å². The summed E-state index contributed by atoms with van der Waals surface area (Å²) in [5.41, 5.74) is 3.46. The highest BCUT2D eigenvalue weighted by atomic mass is 79.9. The highest BCUT2D eigenvalue weighted by Gasteiger charge is 2.37. The monoisotopic (exact) mass is 539 g/mol. The van der Waals surface area contributed by atoms with E-state index in [1.165, 1.54) is 13.1 Å². The second-order valence-electron chi connectivity index (χ2n) is 8.89. The topological polar surface area (TPSA) is 119 Å². The zero-order valence-corrected chi connectivity index (χ0v) is 21.4. The van der Waals surface area contributed by atoms with Crippen molar-refractivity contribution in [3.8, 4) is 6.07 Å². The molecule has 1 unspecified atom stereocenters. The normalized spacial score (nSPS) is 16.1. The van der Waals surface area contributed by atoms with Gasteiger partial charge in [0.05, 0.1) is 45.7 Å². The van der Waals surface area contributed by atoms with Crippen LogP contribution in [0.25, 0.3) is 0 Å². The van der Waals surface area contributed by atoms with E-state index in [1.807, 2.05) is 38.1 Å². The Morgan fingerprint density at radius 3 is 2.71 bits per heavy atom. The van der Waals surface area contributed by atoms with Crippen LogP contribution >= 0.6 is 15.9 Å². The predicted molar refractivity (Wildman–Crippen MR) is 134 cm³/mol. The summed E-state index contributed by atoms with van der Waals surface area (Å²) in [7, 11) is 1.40. The van der Waals surface area contributed by atoms with Crippen LogP contribution in [0.5, 0.6) is 0 Å². The number of halogens is 1. The number of benzene rings is 2. The fourth-order valence-electron chi connectivity index (χ4n) is 4.27. The first-order valence-corrected chi connectivity index (χ1v) is 12.2. The maximum absolute atomic E-state index is 12.5. The van der Waals surface area contributed by atoms with E-state index in [9.17, 15) is 20.0 Å². The number of carbonyl (C=O) groups excluding carboxylic acids is 2. The third-order valence-corrected chi connectivity index (χ3v) is 6.78. The number of nitriles is 1.